The van der Waals surface area contributed by atoms with Gasteiger partial charge in [-0.1, -0.05) is 12.1 Å². The van der Waals surface area contributed by atoms with Crippen LogP contribution in [-0.4, -0.2) is 61.1 Å². The highest BCUT2D eigenvalue weighted by Gasteiger charge is 2.43. The number of benzene rings is 2. The van der Waals surface area contributed by atoms with Crippen molar-refractivity contribution in [1.29, 1.82) is 0 Å². The molecule has 2 aromatic heterocycles. The predicted molar refractivity (Wildman–Crippen MR) is 141 cm³/mol. The largest absolute Gasteiger partial charge is 0.486 e. The number of ether oxygens (including phenoxy) is 2. The number of carbonyl (C=O) groups excluding carboxylic acids is 1. The predicted octanol–water partition coefficient (Wildman–Crippen LogP) is 2.22. The van der Waals surface area contributed by atoms with Gasteiger partial charge in [0.2, 0.25) is 0 Å². The average molecular weight is 484 g/mol. The molecule has 1 atom stereocenters. The second-order valence-electron chi connectivity index (χ2n) is 9.72. The van der Waals surface area contributed by atoms with Crippen molar-refractivity contribution in [1.82, 2.24) is 19.7 Å². The lowest BCUT2D eigenvalue weighted by molar-refractivity contribution is 0.0729. The molecule has 10 heteroatoms. The summed E-state index contributed by atoms with van der Waals surface area (Å²) in [6.07, 6.45) is 3.45. The first kappa shape index (κ1) is 24.1. The molecule has 36 heavy (non-hydrogen) atoms. The number of carbonyl (C=O) groups is 1. The van der Waals surface area contributed by atoms with Crippen LogP contribution in [0.15, 0.2) is 54.9 Å². The molecule has 1 aliphatic heterocycles. The minimum atomic E-state index is -0.629. The molecule has 2 aromatic carbocycles. The molecule has 7 nitrogen and oxygen atoms in total. The zero-order valence-corrected chi connectivity index (χ0v) is 21.1. The second kappa shape index (κ2) is 9.09. The van der Waals surface area contributed by atoms with E-state index < -0.39 is 5.34 Å². The Kier molecular flexibility index (Phi) is 6.08. The summed E-state index contributed by atoms with van der Waals surface area (Å²) in [5.41, 5.74) is 4.02. The standard InChI is InChI=1S/C26H27B2FN4O3/c1-15(14-35-3)36-22-9-8-18(20-13-32(2)31-23(20)22)16-6-7-17(21(29)11-16)12-33-25(34)19-5-4-10-30-24(19)26(33,27)28/h4-11,13,15H,12,14,27-28H2,1-3H3. The summed E-state index contributed by atoms with van der Waals surface area (Å²) in [5.74, 6) is 0.145. The Morgan fingerprint density at radius 3 is 2.69 bits per heavy atom. The van der Waals surface area contributed by atoms with E-state index in [2.05, 4.69) is 10.1 Å². The van der Waals surface area contributed by atoms with Crippen molar-refractivity contribution < 1.29 is 18.7 Å². The molecule has 0 fully saturated rings. The number of amides is 1. The van der Waals surface area contributed by atoms with Crippen molar-refractivity contribution in [3.8, 4) is 16.9 Å². The average Bonchev–Trinajstić information content (AvgIpc) is 3.32. The monoisotopic (exact) mass is 484 g/mol. The van der Waals surface area contributed by atoms with Crippen molar-refractivity contribution >= 4 is 32.5 Å². The molecule has 1 unspecified atom stereocenters. The summed E-state index contributed by atoms with van der Waals surface area (Å²) in [7, 11) is 7.35. The number of aryl methyl sites for hydroxylation is 1. The van der Waals surface area contributed by atoms with Gasteiger partial charge in [0.05, 0.1) is 17.9 Å². The molecule has 0 saturated carbocycles. The summed E-state index contributed by atoms with van der Waals surface area (Å²) in [6.45, 7) is 2.54. The van der Waals surface area contributed by atoms with E-state index >= 15 is 4.39 Å². The SMILES string of the molecule is BC1(B)c2ncccc2C(=O)N1Cc1ccc(-c2ccc(OC(C)COC)c3nn(C)cc23)cc1F. The van der Waals surface area contributed by atoms with Crippen LogP contribution in [0.2, 0.25) is 0 Å². The van der Waals surface area contributed by atoms with E-state index in [0.29, 0.717) is 34.7 Å². The number of hydrogen-bond acceptors (Lipinski definition) is 5. The molecule has 0 bridgehead atoms. The van der Waals surface area contributed by atoms with E-state index in [1.165, 1.54) is 6.07 Å². The maximum absolute atomic E-state index is 15.4. The minimum Gasteiger partial charge on any atom is -0.486 e. The van der Waals surface area contributed by atoms with E-state index in [4.69, 9.17) is 9.47 Å². The lowest BCUT2D eigenvalue weighted by Gasteiger charge is -2.32. The maximum atomic E-state index is 15.4. The van der Waals surface area contributed by atoms with Crippen molar-refractivity contribution in [2.75, 3.05) is 13.7 Å². The van der Waals surface area contributed by atoms with Gasteiger partial charge in [-0.2, -0.15) is 5.10 Å². The smallest absolute Gasteiger partial charge is 0.255 e. The van der Waals surface area contributed by atoms with Crippen LogP contribution < -0.4 is 4.74 Å². The Bertz CT molecular complexity index is 1470. The van der Waals surface area contributed by atoms with Gasteiger partial charge in [0.15, 0.2) is 0 Å². The Morgan fingerprint density at radius 1 is 1.17 bits per heavy atom. The van der Waals surface area contributed by atoms with Gasteiger partial charge in [-0.3, -0.25) is 14.5 Å². The third-order valence-electron chi connectivity index (χ3n) is 6.71. The molecule has 182 valence electrons. The van der Waals surface area contributed by atoms with Crippen LogP contribution in [-0.2, 0) is 23.7 Å². The highest BCUT2D eigenvalue weighted by Crippen LogP contribution is 2.37. The third-order valence-corrected chi connectivity index (χ3v) is 6.71. The fraction of sp³-hybridized carbons (Fsp3) is 0.269. The number of nitrogens with zero attached hydrogens (tertiary/aromatic N) is 4. The first-order valence-electron chi connectivity index (χ1n) is 11.9. The van der Waals surface area contributed by atoms with Crippen molar-refractivity contribution in [2.24, 2.45) is 7.05 Å². The van der Waals surface area contributed by atoms with Gasteiger partial charge < -0.3 is 14.4 Å². The molecule has 3 heterocycles. The van der Waals surface area contributed by atoms with Crippen LogP contribution in [0, 0.1) is 5.82 Å². The summed E-state index contributed by atoms with van der Waals surface area (Å²) >= 11 is 0. The molecule has 1 amide bonds. The Hall–Kier alpha value is -3.65. The van der Waals surface area contributed by atoms with Crippen molar-refractivity contribution in [3.05, 3.63) is 77.5 Å². The van der Waals surface area contributed by atoms with Gasteiger partial charge in [0.25, 0.3) is 5.91 Å². The zero-order valence-electron chi connectivity index (χ0n) is 21.1. The van der Waals surface area contributed by atoms with Crippen molar-refractivity contribution in [2.45, 2.75) is 24.9 Å². The van der Waals surface area contributed by atoms with Crippen LogP contribution >= 0.6 is 0 Å². The van der Waals surface area contributed by atoms with E-state index in [0.717, 1.165) is 16.5 Å². The first-order chi connectivity index (χ1) is 17.2. The Labute approximate surface area is 211 Å². The van der Waals surface area contributed by atoms with Gasteiger partial charge in [0.1, 0.15) is 38.9 Å². The molecule has 0 spiro atoms. The molecule has 0 aliphatic carbocycles. The van der Waals surface area contributed by atoms with Gasteiger partial charge in [-0.15, -0.1) is 0 Å². The number of aromatic nitrogens is 3. The number of halogens is 1. The minimum absolute atomic E-state index is 0.137. The molecule has 0 N–H and O–H groups in total. The summed E-state index contributed by atoms with van der Waals surface area (Å²) < 4.78 is 28.4. The highest BCUT2D eigenvalue weighted by molar-refractivity contribution is 6.42. The molecule has 4 aromatic rings. The van der Waals surface area contributed by atoms with Gasteiger partial charge in [-0.25, -0.2) is 4.39 Å². The number of pyridine rings is 1. The topological polar surface area (TPSA) is 69.5 Å². The highest BCUT2D eigenvalue weighted by atomic mass is 19.1. The lowest BCUT2D eigenvalue weighted by Crippen LogP contribution is -2.44. The molecular weight excluding hydrogens is 457 g/mol. The van der Waals surface area contributed by atoms with Crippen LogP contribution in [0.4, 0.5) is 4.39 Å². The van der Waals surface area contributed by atoms with Gasteiger partial charge in [-0.05, 0) is 48.4 Å². The summed E-state index contributed by atoms with van der Waals surface area (Å²) in [5, 5.41) is 4.81. The molecule has 0 radical (unpaired) electrons. The molecular formula is C26H27B2FN4O3. The summed E-state index contributed by atoms with van der Waals surface area (Å²) in [6, 6.07) is 12.4. The van der Waals surface area contributed by atoms with Crippen LogP contribution in [0.5, 0.6) is 5.75 Å². The van der Waals surface area contributed by atoms with Crippen molar-refractivity contribution in [3.63, 3.8) is 0 Å². The number of rotatable bonds is 7. The van der Waals surface area contributed by atoms with E-state index in [1.807, 2.05) is 54.1 Å². The van der Waals surface area contributed by atoms with E-state index in [1.54, 1.807) is 41.1 Å². The second-order valence-corrected chi connectivity index (χ2v) is 9.72. The molecule has 1 aliphatic rings. The van der Waals surface area contributed by atoms with Gasteiger partial charge >= 0.3 is 0 Å². The van der Waals surface area contributed by atoms with E-state index in [9.17, 15) is 4.79 Å². The zero-order chi connectivity index (χ0) is 25.6. The van der Waals surface area contributed by atoms with Gasteiger partial charge in [0, 0.05) is 49.4 Å². The number of hydrogen-bond donors (Lipinski definition) is 0. The third kappa shape index (κ3) is 4.05. The summed E-state index contributed by atoms with van der Waals surface area (Å²) in [4.78, 5) is 19.1. The van der Waals surface area contributed by atoms with Crippen LogP contribution in [0.1, 0.15) is 28.5 Å². The first-order valence-corrected chi connectivity index (χ1v) is 11.9. The number of fused-ring (bicyclic) bond motifs is 2. The number of methoxy groups -OCH3 is 1. The van der Waals surface area contributed by atoms with Crippen LogP contribution in [0.3, 0.4) is 0 Å². The Morgan fingerprint density at radius 2 is 1.97 bits per heavy atom. The quantitative estimate of drug-likeness (QED) is 0.377. The Balaban J connectivity index is 1.46. The molecule has 0 saturated heterocycles. The molecule has 5 rings (SSSR count). The van der Waals surface area contributed by atoms with Crippen LogP contribution in [0.25, 0.3) is 22.0 Å². The maximum Gasteiger partial charge on any atom is 0.255 e. The fourth-order valence-electron chi connectivity index (χ4n) is 4.90. The normalized spacial score (nSPS) is 15.3. The van der Waals surface area contributed by atoms with E-state index in [-0.39, 0.29) is 24.4 Å². The lowest BCUT2D eigenvalue weighted by atomic mass is 9.59. The fourth-order valence-corrected chi connectivity index (χ4v) is 4.90.